The molecule has 216 valence electrons. The highest BCUT2D eigenvalue weighted by Gasteiger charge is 2.33. The first-order valence-corrected chi connectivity index (χ1v) is 14.4. The molecule has 8 heteroatoms. The summed E-state index contributed by atoms with van der Waals surface area (Å²) in [6.45, 7) is 2.25. The van der Waals surface area contributed by atoms with E-state index in [-0.39, 0.29) is 43.1 Å². The first-order valence-electron chi connectivity index (χ1n) is 14.4. The van der Waals surface area contributed by atoms with Gasteiger partial charge in [0.15, 0.2) is 0 Å². The normalized spacial score (nSPS) is 14.1. The van der Waals surface area contributed by atoms with Crippen molar-refractivity contribution < 1.29 is 19.1 Å². The van der Waals surface area contributed by atoms with Gasteiger partial charge >= 0.3 is 0 Å². The van der Waals surface area contributed by atoms with Crippen molar-refractivity contribution in [1.82, 2.24) is 15.2 Å². The maximum absolute atomic E-state index is 13.9. The van der Waals surface area contributed by atoms with Crippen molar-refractivity contribution in [1.29, 1.82) is 0 Å². The van der Waals surface area contributed by atoms with Gasteiger partial charge in [0.1, 0.15) is 17.6 Å². The van der Waals surface area contributed by atoms with Crippen LogP contribution in [0.3, 0.4) is 0 Å². The number of benzene rings is 2. The van der Waals surface area contributed by atoms with Gasteiger partial charge in [-0.1, -0.05) is 67.3 Å². The van der Waals surface area contributed by atoms with E-state index in [4.69, 9.17) is 4.74 Å². The fraction of sp³-hybridized carbons (Fsp3) is 0.394. The van der Waals surface area contributed by atoms with Crippen LogP contribution >= 0.6 is 0 Å². The van der Waals surface area contributed by atoms with Gasteiger partial charge < -0.3 is 20.3 Å². The zero-order valence-electron chi connectivity index (χ0n) is 24.0. The Labute approximate surface area is 242 Å². The van der Waals surface area contributed by atoms with E-state index in [2.05, 4.69) is 15.6 Å². The lowest BCUT2D eigenvalue weighted by molar-refractivity contribution is -0.142. The summed E-state index contributed by atoms with van der Waals surface area (Å²) in [5.74, 6) is 0.633. The van der Waals surface area contributed by atoms with Gasteiger partial charge in [-0.25, -0.2) is 4.98 Å². The molecule has 0 aliphatic heterocycles. The number of hydrogen-bond acceptors (Lipinski definition) is 5. The number of aromatic nitrogens is 1. The third-order valence-corrected chi connectivity index (χ3v) is 7.46. The van der Waals surface area contributed by atoms with Crippen LogP contribution < -0.4 is 15.4 Å². The highest BCUT2D eigenvalue weighted by Crippen LogP contribution is 2.28. The molecule has 0 spiro atoms. The Morgan fingerprint density at radius 1 is 0.951 bits per heavy atom. The Hall–Kier alpha value is -4.20. The highest BCUT2D eigenvalue weighted by molar-refractivity contribution is 5.91. The summed E-state index contributed by atoms with van der Waals surface area (Å²) >= 11 is 0. The molecule has 1 aliphatic carbocycles. The van der Waals surface area contributed by atoms with Crippen LogP contribution in [0.2, 0.25) is 0 Å². The minimum absolute atomic E-state index is 0.109. The third kappa shape index (κ3) is 8.90. The zero-order chi connectivity index (χ0) is 29.0. The molecule has 4 rings (SSSR count). The van der Waals surface area contributed by atoms with Crippen molar-refractivity contribution in [3.63, 3.8) is 0 Å². The van der Waals surface area contributed by atoms with Gasteiger partial charge in [0, 0.05) is 31.6 Å². The summed E-state index contributed by atoms with van der Waals surface area (Å²) in [6.07, 6.45) is 7.52. The van der Waals surface area contributed by atoms with Gasteiger partial charge in [0.25, 0.3) is 0 Å². The highest BCUT2D eigenvalue weighted by atomic mass is 16.5. The third-order valence-electron chi connectivity index (χ3n) is 7.46. The molecular weight excluding hydrogens is 516 g/mol. The molecule has 8 nitrogen and oxygen atoms in total. The Morgan fingerprint density at radius 2 is 1.68 bits per heavy atom. The van der Waals surface area contributed by atoms with Gasteiger partial charge in [0.2, 0.25) is 17.7 Å². The molecule has 2 N–H and O–H groups in total. The van der Waals surface area contributed by atoms with Crippen LogP contribution in [0, 0.1) is 6.92 Å². The van der Waals surface area contributed by atoms with E-state index in [0.717, 1.165) is 48.1 Å². The molecule has 0 bridgehead atoms. The first-order chi connectivity index (χ1) is 19.9. The van der Waals surface area contributed by atoms with Crippen molar-refractivity contribution >= 4 is 23.5 Å². The SMILES string of the molecule is COc1ccc(CN(C(=O)CCCC(=O)Nc2ccccn2)C(C(=O)NC2CCCCC2)c2ccc(C)cc2)cc1. The maximum atomic E-state index is 13.9. The second-order valence-electron chi connectivity index (χ2n) is 10.6. The molecule has 3 aromatic rings. The minimum Gasteiger partial charge on any atom is -0.497 e. The van der Waals surface area contributed by atoms with Gasteiger partial charge in [-0.15, -0.1) is 0 Å². The van der Waals surface area contributed by atoms with Crippen molar-refractivity contribution in [2.45, 2.75) is 76.9 Å². The molecule has 0 radical (unpaired) electrons. The number of anilines is 1. The summed E-state index contributed by atoms with van der Waals surface area (Å²) in [5, 5.41) is 6.01. The Morgan fingerprint density at radius 3 is 2.34 bits per heavy atom. The smallest absolute Gasteiger partial charge is 0.247 e. The first kappa shape index (κ1) is 29.8. The van der Waals surface area contributed by atoms with E-state index < -0.39 is 6.04 Å². The molecule has 1 atom stereocenters. The average molecular weight is 557 g/mol. The number of amides is 3. The molecule has 0 saturated heterocycles. The van der Waals surface area contributed by atoms with Crippen LogP contribution in [0.15, 0.2) is 72.9 Å². The van der Waals surface area contributed by atoms with Gasteiger partial charge in [0.05, 0.1) is 7.11 Å². The second-order valence-corrected chi connectivity index (χ2v) is 10.6. The predicted molar refractivity (Wildman–Crippen MR) is 159 cm³/mol. The number of carbonyl (C=O) groups excluding carboxylic acids is 3. The molecule has 3 amide bonds. The average Bonchev–Trinajstić information content (AvgIpc) is 2.99. The molecular formula is C33H40N4O4. The standard InChI is InChI=1S/C33H40N4O4/c1-24-14-18-26(19-15-24)32(33(40)35-27-9-4-3-5-10-27)37(23-25-16-20-28(41-2)21-17-25)31(39)13-8-12-30(38)36-29-11-6-7-22-34-29/h6-7,11,14-22,27,32H,3-5,8-10,12-13,23H2,1-2H3,(H,35,40)(H,34,36,38). The Bertz CT molecular complexity index is 1270. The number of pyridine rings is 1. The monoisotopic (exact) mass is 556 g/mol. The molecule has 1 fully saturated rings. The van der Waals surface area contributed by atoms with Gasteiger partial charge in [-0.2, -0.15) is 0 Å². The molecule has 1 aliphatic rings. The summed E-state index contributed by atoms with van der Waals surface area (Å²) in [5.41, 5.74) is 2.72. The molecule has 1 aromatic heterocycles. The van der Waals surface area contributed by atoms with Crippen molar-refractivity contribution in [3.05, 3.63) is 89.6 Å². The second kappa shape index (κ2) is 15.0. The van der Waals surface area contributed by atoms with Crippen LogP contribution in [-0.2, 0) is 20.9 Å². The summed E-state index contributed by atoms with van der Waals surface area (Å²) in [4.78, 5) is 46.0. The van der Waals surface area contributed by atoms with E-state index >= 15 is 0 Å². The zero-order valence-corrected chi connectivity index (χ0v) is 24.0. The van der Waals surface area contributed by atoms with E-state index in [1.807, 2.05) is 55.5 Å². The van der Waals surface area contributed by atoms with Crippen LogP contribution in [0.25, 0.3) is 0 Å². The fourth-order valence-electron chi connectivity index (χ4n) is 5.19. The van der Waals surface area contributed by atoms with Crippen molar-refractivity contribution in [2.75, 3.05) is 12.4 Å². The summed E-state index contributed by atoms with van der Waals surface area (Å²) < 4.78 is 5.30. The Kier molecular flexibility index (Phi) is 10.9. The molecule has 1 heterocycles. The van der Waals surface area contributed by atoms with E-state index in [9.17, 15) is 14.4 Å². The van der Waals surface area contributed by atoms with Crippen LogP contribution in [-0.4, -0.2) is 40.8 Å². The Balaban J connectivity index is 1.55. The molecule has 2 aromatic carbocycles. The molecule has 1 saturated carbocycles. The largest absolute Gasteiger partial charge is 0.497 e. The lowest BCUT2D eigenvalue weighted by Crippen LogP contribution is -2.46. The fourth-order valence-corrected chi connectivity index (χ4v) is 5.19. The van der Waals surface area contributed by atoms with Gasteiger partial charge in [-0.05, 0) is 61.6 Å². The summed E-state index contributed by atoms with van der Waals surface area (Å²) in [6, 6.07) is 19.9. The van der Waals surface area contributed by atoms with E-state index in [1.54, 1.807) is 36.4 Å². The minimum atomic E-state index is -0.797. The number of hydrogen-bond donors (Lipinski definition) is 2. The molecule has 1 unspecified atom stereocenters. The number of carbonyl (C=O) groups is 3. The lowest BCUT2D eigenvalue weighted by atomic mass is 9.94. The van der Waals surface area contributed by atoms with Crippen LogP contribution in [0.4, 0.5) is 5.82 Å². The van der Waals surface area contributed by atoms with Crippen molar-refractivity contribution in [2.24, 2.45) is 0 Å². The molecule has 41 heavy (non-hydrogen) atoms. The van der Waals surface area contributed by atoms with Gasteiger partial charge in [-0.3, -0.25) is 14.4 Å². The number of nitrogens with zero attached hydrogens (tertiary/aromatic N) is 2. The number of aryl methyl sites for hydroxylation is 1. The quantitative estimate of drug-likeness (QED) is 0.297. The topological polar surface area (TPSA) is 101 Å². The van der Waals surface area contributed by atoms with Crippen LogP contribution in [0.5, 0.6) is 5.75 Å². The number of rotatable bonds is 12. The van der Waals surface area contributed by atoms with E-state index in [1.165, 1.54) is 6.42 Å². The predicted octanol–water partition coefficient (Wildman–Crippen LogP) is 5.73. The van der Waals surface area contributed by atoms with Crippen LogP contribution in [0.1, 0.15) is 74.1 Å². The summed E-state index contributed by atoms with van der Waals surface area (Å²) in [7, 11) is 1.61. The number of nitrogens with one attached hydrogen (secondary N) is 2. The van der Waals surface area contributed by atoms with E-state index in [0.29, 0.717) is 12.2 Å². The number of methoxy groups -OCH3 is 1. The van der Waals surface area contributed by atoms with Crippen molar-refractivity contribution in [3.8, 4) is 5.75 Å². The number of ether oxygens (including phenoxy) is 1. The lowest BCUT2D eigenvalue weighted by Gasteiger charge is -2.33. The maximum Gasteiger partial charge on any atom is 0.247 e.